The van der Waals surface area contributed by atoms with Crippen LogP contribution in [0.15, 0.2) is 6.33 Å². The van der Waals surface area contributed by atoms with E-state index in [9.17, 15) is 4.79 Å². The maximum atomic E-state index is 10.9. The van der Waals surface area contributed by atoms with Crippen molar-refractivity contribution in [3.63, 3.8) is 0 Å². The first-order valence-electron chi connectivity index (χ1n) is 6.29. The van der Waals surface area contributed by atoms with Gasteiger partial charge in [-0.05, 0) is 27.2 Å². The number of nitrogens with zero attached hydrogens (tertiary/aromatic N) is 4. The lowest BCUT2D eigenvalue weighted by Gasteiger charge is -2.26. The molecule has 0 saturated heterocycles. The van der Waals surface area contributed by atoms with Crippen molar-refractivity contribution in [1.82, 2.24) is 19.7 Å². The molecule has 1 N–H and O–H groups in total. The third-order valence-electron chi connectivity index (χ3n) is 3.03. The largest absolute Gasteiger partial charge is 0.480 e. The van der Waals surface area contributed by atoms with Crippen LogP contribution in [0.4, 0.5) is 0 Å². The molecule has 6 nitrogen and oxygen atoms in total. The van der Waals surface area contributed by atoms with E-state index in [-0.39, 0.29) is 18.6 Å². The second-order valence-electron chi connectivity index (χ2n) is 4.77. The molecule has 102 valence electrons. The highest BCUT2D eigenvalue weighted by Gasteiger charge is 2.19. The summed E-state index contributed by atoms with van der Waals surface area (Å²) < 4.78 is 1.83. The zero-order chi connectivity index (χ0) is 13.7. The van der Waals surface area contributed by atoms with E-state index in [1.807, 2.05) is 37.3 Å². The van der Waals surface area contributed by atoms with Crippen LogP contribution in [0.5, 0.6) is 0 Å². The number of carboxylic acids is 1. The van der Waals surface area contributed by atoms with Gasteiger partial charge in [-0.1, -0.05) is 6.92 Å². The molecule has 6 heteroatoms. The van der Waals surface area contributed by atoms with E-state index in [0.717, 1.165) is 12.2 Å². The van der Waals surface area contributed by atoms with Gasteiger partial charge in [0.2, 0.25) is 0 Å². The fourth-order valence-corrected chi connectivity index (χ4v) is 1.80. The summed E-state index contributed by atoms with van der Waals surface area (Å²) in [4.78, 5) is 17.0. The van der Waals surface area contributed by atoms with Crippen LogP contribution in [0.25, 0.3) is 0 Å². The summed E-state index contributed by atoms with van der Waals surface area (Å²) in [7, 11) is 0. The van der Waals surface area contributed by atoms with Gasteiger partial charge in [-0.2, -0.15) is 5.10 Å². The zero-order valence-electron chi connectivity index (χ0n) is 11.5. The maximum Gasteiger partial charge on any atom is 0.317 e. The average Bonchev–Trinajstić information content (AvgIpc) is 2.74. The fraction of sp³-hybridized carbons (Fsp3) is 0.750. The minimum atomic E-state index is -0.814. The molecule has 1 atom stereocenters. The van der Waals surface area contributed by atoms with Gasteiger partial charge in [0.25, 0.3) is 0 Å². The van der Waals surface area contributed by atoms with Crippen LogP contribution >= 0.6 is 0 Å². The first kappa shape index (κ1) is 14.6. The summed E-state index contributed by atoms with van der Waals surface area (Å²) >= 11 is 0. The van der Waals surface area contributed by atoms with E-state index >= 15 is 0 Å². The smallest absolute Gasteiger partial charge is 0.317 e. The van der Waals surface area contributed by atoms with Gasteiger partial charge in [-0.25, -0.2) is 9.67 Å². The molecule has 0 aromatic carbocycles. The summed E-state index contributed by atoms with van der Waals surface area (Å²) in [5.74, 6) is -0.00235. The number of hydrogen-bond donors (Lipinski definition) is 1. The maximum absolute atomic E-state index is 10.9. The van der Waals surface area contributed by atoms with E-state index in [4.69, 9.17) is 5.11 Å². The van der Waals surface area contributed by atoms with Gasteiger partial charge < -0.3 is 5.11 Å². The van der Waals surface area contributed by atoms with Crippen LogP contribution < -0.4 is 0 Å². The van der Waals surface area contributed by atoms with Crippen molar-refractivity contribution in [2.24, 2.45) is 0 Å². The van der Waals surface area contributed by atoms with Crippen LogP contribution in [-0.2, 0) is 11.3 Å². The van der Waals surface area contributed by atoms with Gasteiger partial charge >= 0.3 is 5.97 Å². The Morgan fingerprint density at radius 1 is 1.50 bits per heavy atom. The van der Waals surface area contributed by atoms with Crippen molar-refractivity contribution < 1.29 is 9.90 Å². The molecule has 18 heavy (non-hydrogen) atoms. The van der Waals surface area contributed by atoms with Crippen LogP contribution in [-0.4, -0.2) is 43.3 Å². The summed E-state index contributed by atoms with van der Waals surface area (Å²) in [6.45, 7) is 8.68. The minimum absolute atomic E-state index is 0.0277. The van der Waals surface area contributed by atoms with Gasteiger partial charge in [-0.3, -0.25) is 9.69 Å². The summed E-state index contributed by atoms with van der Waals surface area (Å²) in [5, 5.41) is 13.1. The molecule has 1 heterocycles. The third-order valence-corrected chi connectivity index (χ3v) is 3.03. The van der Waals surface area contributed by atoms with Gasteiger partial charge in [0.15, 0.2) is 0 Å². The van der Waals surface area contributed by atoms with Crippen LogP contribution in [0.3, 0.4) is 0 Å². The minimum Gasteiger partial charge on any atom is -0.480 e. The van der Waals surface area contributed by atoms with Gasteiger partial charge in [0.1, 0.15) is 12.2 Å². The monoisotopic (exact) mass is 254 g/mol. The number of carbonyl (C=O) groups is 1. The molecule has 0 aliphatic carbocycles. The Hall–Kier alpha value is -1.43. The molecule has 0 bridgehead atoms. The lowest BCUT2D eigenvalue weighted by molar-refractivity contribution is -0.139. The van der Waals surface area contributed by atoms with Crippen LogP contribution in [0.1, 0.15) is 46.0 Å². The van der Waals surface area contributed by atoms with Crippen molar-refractivity contribution in [3.05, 3.63) is 12.2 Å². The molecule has 0 spiro atoms. The van der Waals surface area contributed by atoms with Crippen molar-refractivity contribution in [3.8, 4) is 0 Å². The molecule has 0 saturated carbocycles. The van der Waals surface area contributed by atoms with Crippen LogP contribution in [0, 0.1) is 0 Å². The van der Waals surface area contributed by atoms with Crippen molar-refractivity contribution >= 4 is 5.97 Å². The standard InChI is InChI=1S/C12H22N4O2/c1-5-10(4)15(7-12(17)18)6-11-13-8-14-16(11)9(2)3/h8-10H,5-7H2,1-4H3,(H,17,18). The van der Waals surface area contributed by atoms with Gasteiger partial charge in [0, 0.05) is 12.1 Å². The predicted octanol–water partition coefficient (Wildman–Crippen LogP) is 1.54. The highest BCUT2D eigenvalue weighted by molar-refractivity contribution is 5.69. The Morgan fingerprint density at radius 2 is 2.17 bits per heavy atom. The Kier molecular flexibility index (Phi) is 5.27. The molecule has 0 fully saturated rings. The van der Waals surface area contributed by atoms with E-state index in [1.165, 1.54) is 6.33 Å². The normalized spacial score (nSPS) is 13.2. The number of aliphatic carboxylic acids is 1. The second-order valence-corrected chi connectivity index (χ2v) is 4.77. The van der Waals surface area contributed by atoms with Gasteiger partial charge in [-0.15, -0.1) is 0 Å². The Bertz CT molecular complexity index is 389. The Morgan fingerprint density at radius 3 is 2.67 bits per heavy atom. The molecular formula is C12H22N4O2. The number of hydrogen-bond acceptors (Lipinski definition) is 4. The number of aromatic nitrogens is 3. The summed E-state index contributed by atoms with van der Waals surface area (Å²) in [6.07, 6.45) is 2.42. The first-order valence-corrected chi connectivity index (χ1v) is 6.29. The molecule has 0 amide bonds. The first-order chi connectivity index (χ1) is 8.45. The molecule has 0 radical (unpaired) electrons. The zero-order valence-corrected chi connectivity index (χ0v) is 11.5. The predicted molar refractivity (Wildman–Crippen MR) is 68.2 cm³/mol. The second kappa shape index (κ2) is 6.49. The van der Waals surface area contributed by atoms with Gasteiger partial charge in [0.05, 0.1) is 13.1 Å². The van der Waals surface area contributed by atoms with E-state index < -0.39 is 5.97 Å². The fourth-order valence-electron chi connectivity index (χ4n) is 1.80. The lowest BCUT2D eigenvalue weighted by Crippen LogP contribution is -2.37. The SMILES string of the molecule is CCC(C)N(CC(=O)O)Cc1ncnn1C(C)C. The molecular weight excluding hydrogens is 232 g/mol. The number of carboxylic acid groups (broad SMARTS) is 1. The molecule has 1 unspecified atom stereocenters. The topological polar surface area (TPSA) is 71.2 Å². The lowest BCUT2D eigenvalue weighted by atomic mass is 10.2. The van der Waals surface area contributed by atoms with Crippen molar-refractivity contribution in [2.75, 3.05) is 6.54 Å². The van der Waals surface area contributed by atoms with E-state index in [0.29, 0.717) is 6.54 Å². The van der Waals surface area contributed by atoms with Crippen molar-refractivity contribution in [1.29, 1.82) is 0 Å². The third kappa shape index (κ3) is 3.80. The number of rotatable bonds is 7. The average molecular weight is 254 g/mol. The molecule has 1 aromatic rings. The van der Waals surface area contributed by atoms with Crippen molar-refractivity contribution in [2.45, 2.75) is 52.7 Å². The Balaban J connectivity index is 2.82. The van der Waals surface area contributed by atoms with E-state index in [2.05, 4.69) is 10.1 Å². The quantitative estimate of drug-likeness (QED) is 0.799. The highest BCUT2D eigenvalue weighted by Crippen LogP contribution is 2.11. The van der Waals surface area contributed by atoms with Crippen LogP contribution in [0.2, 0.25) is 0 Å². The Labute approximate surface area is 108 Å². The summed E-state index contributed by atoms with van der Waals surface area (Å²) in [6, 6.07) is 0.435. The molecule has 1 aromatic heterocycles. The molecule has 0 aliphatic rings. The molecule has 1 rings (SSSR count). The van der Waals surface area contributed by atoms with E-state index in [1.54, 1.807) is 0 Å². The summed E-state index contributed by atoms with van der Waals surface area (Å²) in [5.41, 5.74) is 0. The molecule has 0 aliphatic heterocycles. The highest BCUT2D eigenvalue weighted by atomic mass is 16.4.